The van der Waals surface area contributed by atoms with Crippen LogP contribution < -0.4 is 23.8 Å². The average molecular weight is 423 g/mol. The van der Waals surface area contributed by atoms with Gasteiger partial charge in [-0.25, -0.2) is 8.42 Å². The first-order chi connectivity index (χ1) is 13.8. The SMILES string of the molecule is COc1ccc(N([C@H](C)C(=O)NCCOc2cccc(OC)c2)S(C)(=O)=O)cc1. The van der Waals surface area contributed by atoms with Gasteiger partial charge < -0.3 is 19.5 Å². The van der Waals surface area contributed by atoms with Crippen molar-refractivity contribution in [2.24, 2.45) is 0 Å². The van der Waals surface area contributed by atoms with E-state index in [-0.39, 0.29) is 13.2 Å². The van der Waals surface area contributed by atoms with Crippen molar-refractivity contribution in [3.8, 4) is 17.2 Å². The topological polar surface area (TPSA) is 94.2 Å². The van der Waals surface area contributed by atoms with Crippen molar-refractivity contribution in [1.29, 1.82) is 0 Å². The molecule has 1 atom stereocenters. The van der Waals surface area contributed by atoms with Crippen molar-refractivity contribution in [1.82, 2.24) is 5.32 Å². The monoisotopic (exact) mass is 422 g/mol. The van der Waals surface area contributed by atoms with Gasteiger partial charge >= 0.3 is 0 Å². The van der Waals surface area contributed by atoms with E-state index in [2.05, 4.69) is 5.32 Å². The molecule has 0 fully saturated rings. The maximum Gasteiger partial charge on any atom is 0.243 e. The van der Waals surface area contributed by atoms with Crippen LogP contribution in [0.1, 0.15) is 6.92 Å². The Bertz CT molecular complexity index is 915. The van der Waals surface area contributed by atoms with Crippen molar-refractivity contribution in [2.75, 3.05) is 37.9 Å². The fourth-order valence-corrected chi connectivity index (χ4v) is 3.89. The van der Waals surface area contributed by atoms with E-state index in [1.54, 1.807) is 55.6 Å². The maximum absolute atomic E-state index is 12.5. The third-order valence-electron chi connectivity index (χ3n) is 4.13. The fourth-order valence-electron chi connectivity index (χ4n) is 2.72. The van der Waals surface area contributed by atoms with Gasteiger partial charge in [0.25, 0.3) is 0 Å². The van der Waals surface area contributed by atoms with Gasteiger partial charge in [-0.05, 0) is 43.3 Å². The second-order valence-corrected chi connectivity index (χ2v) is 8.11. The van der Waals surface area contributed by atoms with Gasteiger partial charge in [-0.15, -0.1) is 0 Å². The van der Waals surface area contributed by atoms with Gasteiger partial charge in [0.1, 0.15) is 29.9 Å². The molecule has 0 aliphatic rings. The predicted octanol–water partition coefficient (Wildman–Crippen LogP) is 2.05. The molecule has 0 spiro atoms. The summed E-state index contributed by atoms with van der Waals surface area (Å²) in [4.78, 5) is 12.5. The largest absolute Gasteiger partial charge is 0.497 e. The number of nitrogens with one attached hydrogen (secondary N) is 1. The number of ether oxygens (including phenoxy) is 3. The molecule has 158 valence electrons. The third kappa shape index (κ3) is 6.28. The fraction of sp³-hybridized carbons (Fsp3) is 0.350. The molecule has 2 aromatic rings. The Hall–Kier alpha value is -2.94. The second kappa shape index (κ2) is 10.0. The minimum absolute atomic E-state index is 0.223. The van der Waals surface area contributed by atoms with Crippen LogP contribution in [0.25, 0.3) is 0 Å². The lowest BCUT2D eigenvalue weighted by Crippen LogP contribution is -2.48. The van der Waals surface area contributed by atoms with Gasteiger partial charge in [-0.2, -0.15) is 0 Å². The van der Waals surface area contributed by atoms with E-state index in [4.69, 9.17) is 14.2 Å². The predicted molar refractivity (Wildman–Crippen MR) is 111 cm³/mol. The molecular weight excluding hydrogens is 396 g/mol. The standard InChI is InChI=1S/C20H26N2O6S/c1-15(22(29(4,24)25)16-8-10-17(26-2)11-9-16)20(23)21-12-13-28-19-7-5-6-18(14-19)27-3/h5-11,14-15H,12-13H2,1-4H3,(H,21,23)/t15-/m1/s1. The van der Waals surface area contributed by atoms with Crippen LogP contribution in [0.15, 0.2) is 48.5 Å². The lowest BCUT2D eigenvalue weighted by Gasteiger charge is -2.28. The molecule has 0 aromatic heterocycles. The highest BCUT2D eigenvalue weighted by atomic mass is 32.2. The first kappa shape index (κ1) is 22.4. The summed E-state index contributed by atoms with van der Waals surface area (Å²) in [5, 5.41) is 2.70. The van der Waals surface area contributed by atoms with E-state index in [9.17, 15) is 13.2 Å². The van der Waals surface area contributed by atoms with Crippen LogP contribution in [0.4, 0.5) is 5.69 Å². The van der Waals surface area contributed by atoms with Gasteiger partial charge in [0.2, 0.25) is 15.9 Å². The molecule has 0 unspecified atom stereocenters. The van der Waals surface area contributed by atoms with Crippen molar-refractivity contribution in [3.63, 3.8) is 0 Å². The van der Waals surface area contributed by atoms with Gasteiger partial charge in [-0.3, -0.25) is 9.10 Å². The van der Waals surface area contributed by atoms with Crippen LogP contribution in [0.3, 0.4) is 0 Å². The first-order valence-corrected chi connectivity index (χ1v) is 10.8. The second-order valence-electron chi connectivity index (χ2n) is 6.25. The number of carbonyl (C=O) groups is 1. The molecule has 29 heavy (non-hydrogen) atoms. The highest BCUT2D eigenvalue weighted by Gasteiger charge is 2.28. The number of methoxy groups -OCH3 is 2. The number of amides is 1. The molecule has 2 rings (SSSR count). The summed E-state index contributed by atoms with van der Waals surface area (Å²) in [6.07, 6.45) is 1.06. The number of benzene rings is 2. The molecule has 8 nitrogen and oxygen atoms in total. The molecule has 0 heterocycles. The summed E-state index contributed by atoms with van der Waals surface area (Å²) in [5.41, 5.74) is 0.378. The summed E-state index contributed by atoms with van der Waals surface area (Å²) in [6, 6.07) is 12.6. The number of sulfonamides is 1. The summed E-state index contributed by atoms with van der Waals surface area (Å²) in [6.45, 7) is 1.98. The van der Waals surface area contributed by atoms with Crippen molar-refractivity contribution >= 4 is 21.6 Å². The smallest absolute Gasteiger partial charge is 0.243 e. The molecular formula is C20H26N2O6S. The Morgan fingerprint density at radius 1 is 1.03 bits per heavy atom. The summed E-state index contributed by atoms with van der Waals surface area (Å²) in [5.74, 6) is 1.44. The van der Waals surface area contributed by atoms with Crippen LogP contribution >= 0.6 is 0 Å². The highest BCUT2D eigenvalue weighted by molar-refractivity contribution is 7.92. The van der Waals surface area contributed by atoms with E-state index in [0.29, 0.717) is 22.9 Å². The number of anilines is 1. The van der Waals surface area contributed by atoms with E-state index in [0.717, 1.165) is 10.6 Å². The Morgan fingerprint density at radius 3 is 2.24 bits per heavy atom. The molecule has 0 aliphatic heterocycles. The van der Waals surface area contributed by atoms with Crippen molar-refractivity contribution in [2.45, 2.75) is 13.0 Å². The van der Waals surface area contributed by atoms with Crippen molar-refractivity contribution < 1.29 is 27.4 Å². The lowest BCUT2D eigenvalue weighted by molar-refractivity contribution is -0.121. The number of hydrogen-bond donors (Lipinski definition) is 1. The first-order valence-electron chi connectivity index (χ1n) is 8.94. The zero-order valence-electron chi connectivity index (χ0n) is 16.9. The molecule has 9 heteroatoms. The zero-order valence-corrected chi connectivity index (χ0v) is 17.7. The van der Waals surface area contributed by atoms with Gasteiger partial charge in [0.15, 0.2) is 0 Å². The van der Waals surface area contributed by atoms with Crippen LogP contribution in [-0.4, -0.2) is 54.0 Å². The molecule has 0 bridgehead atoms. The van der Waals surface area contributed by atoms with Gasteiger partial charge in [0.05, 0.1) is 32.7 Å². The van der Waals surface area contributed by atoms with Crippen LogP contribution in [0.5, 0.6) is 17.2 Å². The number of rotatable bonds is 10. The number of carbonyl (C=O) groups excluding carboxylic acids is 1. The van der Waals surface area contributed by atoms with Crippen LogP contribution in [0, 0.1) is 0 Å². The van der Waals surface area contributed by atoms with Gasteiger partial charge in [0, 0.05) is 6.07 Å². The minimum Gasteiger partial charge on any atom is -0.497 e. The molecule has 0 aliphatic carbocycles. The Kier molecular flexibility index (Phi) is 7.72. The summed E-state index contributed by atoms with van der Waals surface area (Å²) in [7, 11) is -0.589. The lowest BCUT2D eigenvalue weighted by atomic mass is 10.2. The van der Waals surface area contributed by atoms with E-state index >= 15 is 0 Å². The quantitative estimate of drug-likeness (QED) is 0.589. The molecule has 0 saturated carbocycles. The molecule has 0 radical (unpaired) electrons. The van der Waals surface area contributed by atoms with Crippen molar-refractivity contribution in [3.05, 3.63) is 48.5 Å². The Labute approximate surface area is 171 Å². The maximum atomic E-state index is 12.5. The molecule has 1 amide bonds. The summed E-state index contributed by atoms with van der Waals surface area (Å²) < 4.78 is 41.4. The molecule has 0 saturated heterocycles. The minimum atomic E-state index is -3.68. The average Bonchev–Trinajstić information content (AvgIpc) is 2.70. The third-order valence-corrected chi connectivity index (χ3v) is 5.37. The number of nitrogens with zero attached hydrogens (tertiary/aromatic N) is 1. The van der Waals surface area contributed by atoms with Crippen LogP contribution in [-0.2, 0) is 14.8 Å². The summed E-state index contributed by atoms with van der Waals surface area (Å²) >= 11 is 0. The Balaban J connectivity index is 1.97. The highest BCUT2D eigenvalue weighted by Crippen LogP contribution is 2.24. The van der Waals surface area contributed by atoms with E-state index in [1.807, 2.05) is 0 Å². The van der Waals surface area contributed by atoms with Crippen LogP contribution in [0.2, 0.25) is 0 Å². The molecule has 1 N–H and O–H groups in total. The van der Waals surface area contributed by atoms with E-state index < -0.39 is 22.0 Å². The normalized spacial score (nSPS) is 12.0. The Morgan fingerprint density at radius 2 is 1.66 bits per heavy atom. The van der Waals surface area contributed by atoms with Gasteiger partial charge in [-0.1, -0.05) is 6.07 Å². The van der Waals surface area contributed by atoms with E-state index in [1.165, 1.54) is 14.0 Å². The number of hydrogen-bond acceptors (Lipinski definition) is 6. The molecule has 2 aromatic carbocycles. The zero-order chi connectivity index (χ0) is 21.4.